The standard InChI is InChI=1S/C8H14O2/c1-2-7(6-9)8(10)4-3-5-8/h6-7,10H,2-5H2,1H3. The van der Waals surface area contributed by atoms with Gasteiger partial charge in [0.05, 0.1) is 5.60 Å². The monoisotopic (exact) mass is 142 g/mol. The molecule has 1 fully saturated rings. The molecule has 1 saturated carbocycles. The lowest BCUT2D eigenvalue weighted by atomic mass is 9.71. The highest BCUT2D eigenvalue weighted by Crippen LogP contribution is 2.38. The number of carbonyl (C=O) groups excluding carboxylic acids is 1. The van der Waals surface area contributed by atoms with Crippen LogP contribution in [0, 0.1) is 5.92 Å². The van der Waals surface area contributed by atoms with Gasteiger partial charge >= 0.3 is 0 Å². The van der Waals surface area contributed by atoms with Crippen molar-refractivity contribution in [1.82, 2.24) is 0 Å². The highest BCUT2D eigenvalue weighted by Gasteiger charge is 2.40. The number of aliphatic hydroxyl groups is 1. The van der Waals surface area contributed by atoms with Crippen molar-refractivity contribution in [3.63, 3.8) is 0 Å². The molecule has 1 atom stereocenters. The van der Waals surface area contributed by atoms with Gasteiger partial charge in [0.1, 0.15) is 6.29 Å². The van der Waals surface area contributed by atoms with Gasteiger partial charge in [-0.15, -0.1) is 0 Å². The maximum absolute atomic E-state index is 10.4. The third-order valence-electron chi connectivity index (χ3n) is 2.51. The quantitative estimate of drug-likeness (QED) is 0.600. The van der Waals surface area contributed by atoms with Crippen molar-refractivity contribution < 1.29 is 9.90 Å². The predicted octanol–water partition coefficient (Wildman–Crippen LogP) is 1.13. The van der Waals surface area contributed by atoms with E-state index >= 15 is 0 Å². The summed E-state index contributed by atoms with van der Waals surface area (Å²) >= 11 is 0. The van der Waals surface area contributed by atoms with Gasteiger partial charge in [-0.3, -0.25) is 0 Å². The van der Waals surface area contributed by atoms with Crippen LogP contribution in [0.5, 0.6) is 0 Å². The molecular formula is C8H14O2. The lowest BCUT2D eigenvalue weighted by Crippen LogP contribution is -2.44. The third-order valence-corrected chi connectivity index (χ3v) is 2.51. The predicted molar refractivity (Wildman–Crippen MR) is 38.6 cm³/mol. The fraction of sp³-hybridized carbons (Fsp3) is 0.875. The molecule has 0 saturated heterocycles. The Morgan fingerprint density at radius 1 is 1.70 bits per heavy atom. The summed E-state index contributed by atoms with van der Waals surface area (Å²) < 4.78 is 0. The maximum Gasteiger partial charge on any atom is 0.125 e. The van der Waals surface area contributed by atoms with E-state index in [4.69, 9.17) is 0 Å². The summed E-state index contributed by atoms with van der Waals surface area (Å²) in [4.78, 5) is 10.4. The van der Waals surface area contributed by atoms with Gasteiger partial charge in [0, 0.05) is 5.92 Å². The molecule has 0 aromatic heterocycles. The first-order valence-corrected chi connectivity index (χ1v) is 3.90. The van der Waals surface area contributed by atoms with Gasteiger partial charge in [0.25, 0.3) is 0 Å². The number of hydrogen-bond donors (Lipinski definition) is 1. The Morgan fingerprint density at radius 3 is 2.40 bits per heavy atom. The fourth-order valence-electron chi connectivity index (χ4n) is 1.51. The molecule has 2 heteroatoms. The van der Waals surface area contributed by atoms with Gasteiger partial charge in [-0.25, -0.2) is 0 Å². The summed E-state index contributed by atoms with van der Waals surface area (Å²) in [5.41, 5.74) is -0.628. The summed E-state index contributed by atoms with van der Waals surface area (Å²) in [6.45, 7) is 1.94. The summed E-state index contributed by atoms with van der Waals surface area (Å²) in [7, 11) is 0. The Kier molecular flexibility index (Phi) is 2.09. The Morgan fingerprint density at radius 2 is 2.30 bits per heavy atom. The van der Waals surface area contributed by atoms with E-state index in [0.29, 0.717) is 0 Å². The van der Waals surface area contributed by atoms with Crippen LogP contribution in [-0.2, 0) is 4.79 Å². The van der Waals surface area contributed by atoms with E-state index in [-0.39, 0.29) is 5.92 Å². The first-order chi connectivity index (χ1) is 4.73. The van der Waals surface area contributed by atoms with Crippen LogP contribution in [0.3, 0.4) is 0 Å². The molecule has 58 valence electrons. The van der Waals surface area contributed by atoms with Crippen LogP contribution >= 0.6 is 0 Å². The second-order valence-corrected chi connectivity index (χ2v) is 3.11. The number of hydrogen-bond acceptors (Lipinski definition) is 2. The van der Waals surface area contributed by atoms with E-state index in [0.717, 1.165) is 32.0 Å². The molecule has 0 aliphatic heterocycles. The van der Waals surface area contributed by atoms with Crippen molar-refractivity contribution in [2.45, 2.75) is 38.2 Å². The molecule has 1 rings (SSSR count). The minimum atomic E-state index is -0.628. The molecule has 0 radical (unpaired) electrons. The average molecular weight is 142 g/mol. The Balaban J connectivity index is 2.50. The van der Waals surface area contributed by atoms with E-state index < -0.39 is 5.60 Å². The Bertz CT molecular complexity index is 127. The summed E-state index contributed by atoms with van der Waals surface area (Å²) in [5.74, 6) is -0.124. The van der Waals surface area contributed by atoms with Crippen LogP contribution in [0.25, 0.3) is 0 Å². The second-order valence-electron chi connectivity index (χ2n) is 3.11. The summed E-state index contributed by atoms with van der Waals surface area (Å²) in [5, 5.41) is 9.64. The van der Waals surface area contributed by atoms with Crippen LogP contribution in [0.2, 0.25) is 0 Å². The highest BCUT2D eigenvalue weighted by atomic mass is 16.3. The zero-order valence-corrected chi connectivity index (χ0v) is 6.34. The number of carbonyl (C=O) groups is 1. The van der Waals surface area contributed by atoms with Crippen molar-refractivity contribution >= 4 is 6.29 Å². The van der Waals surface area contributed by atoms with E-state index in [1.807, 2.05) is 6.92 Å². The number of rotatable bonds is 3. The first kappa shape index (κ1) is 7.73. The SMILES string of the molecule is CCC(C=O)C1(O)CCC1. The van der Waals surface area contributed by atoms with Gasteiger partial charge in [0.2, 0.25) is 0 Å². The maximum atomic E-state index is 10.4. The molecule has 0 amide bonds. The van der Waals surface area contributed by atoms with Crippen molar-refractivity contribution in [2.75, 3.05) is 0 Å². The molecule has 1 aliphatic carbocycles. The highest BCUT2D eigenvalue weighted by molar-refractivity contribution is 5.56. The Labute approximate surface area is 61.2 Å². The van der Waals surface area contributed by atoms with E-state index in [1.54, 1.807) is 0 Å². The van der Waals surface area contributed by atoms with Crippen LogP contribution in [0.15, 0.2) is 0 Å². The molecule has 0 heterocycles. The zero-order valence-electron chi connectivity index (χ0n) is 6.34. The third kappa shape index (κ3) is 1.08. The van der Waals surface area contributed by atoms with Crippen molar-refractivity contribution in [2.24, 2.45) is 5.92 Å². The molecule has 0 spiro atoms. The molecule has 0 aromatic rings. The molecule has 1 unspecified atom stereocenters. The van der Waals surface area contributed by atoms with Gasteiger partial charge in [0.15, 0.2) is 0 Å². The molecule has 10 heavy (non-hydrogen) atoms. The van der Waals surface area contributed by atoms with E-state index in [2.05, 4.69) is 0 Å². The average Bonchev–Trinajstić information content (AvgIpc) is 1.87. The smallest absolute Gasteiger partial charge is 0.125 e. The van der Waals surface area contributed by atoms with Crippen LogP contribution in [0.1, 0.15) is 32.6 Å². The van der Waals surface area contributed by atoms with Crippen LogP contribution in [-0.4, -0.2) is 17.0 Å². The Hall–Kier alpha value is -0.370. The van der Waals surface area contributed by atoms with Crippen molar-refractivity contribution in [1.29, 1.82) is 0 Å². The van der Waals surface area contributed by atoms with E-state index in [9.17, 15) is 9.90 Å². The van der Waals surface area contributed by atoms with Crippen LogP contribution < -0.4 is 0 Å². The lowest BCUT2D eigenvalue weighted by molar-refractivity contribution is -0.129. The second kappa shape index (κ2) is 2.70. The normalized spacial score (nSPS) is 25.0. The van der Waals surface area contributed by atoms with Crippen molar-refractivity contribution in [3.8, 4) is 0 Å². The van der Waals surface area contributed by atoms with Crippen LogP contribution in [0.4, 0.5) is 0 Å². The van der Waals surface area contributed by atoms with Gasteiger partial charge in [-0.1, -0.05) is 6.92 Å². The minimum Gasteiger partial charge on any atom is -0.389 e. The van der Waals surface area contributed by atoms with Gasteiger partial charge in [-0.05, 0) is 25.7 Å². The number of aldehydes is 1. The first-order valence-electron chi connectivity index (χ1n) is 3.90. The molecule has 1 N–H and O–H groups in total. The molecule has 1 aliphatic rings. The van der Waals surface area contributed by atoms with Gasteiger partial charge in [-0.2, -0.15) is 0 Å². The van der Waals surface area contributed by atoms with E-state index in [1.165, 1.54) is 0 Å². The molecule has 0 bridgehead atoms. The minimum absolute atomic E-state index is 0.124. The summed E-state index contributed by atoms with van der Waals surface area (Å²) in [6.07, 6.45) is 4.34. The fourth-order valence-corrected chi connectivity index (χ4v) is 1.51. The summed E-state index contributed by atoms with van der Waals surface area (Å²) in [6, 6.07) is 0. The largest absolute Gasteiger partial charge is 0.389 e. The molecule has 2 nitrogen and oxygen atoms in total. The van der Waals surface area contributed by atoms with Gasteiger partial charge < -0.3 is 9.90 Å². The molecular weight excluding hydrogens is 128 g/mol. The molecule has 0 aromatic carbocycles. The zero-order chi connectivity index (χ0) is 7.61. The van der Waals surface area contributed by atoms with Crippen molar-refractivity contribution in [3.05, 3.63) is 0 Å². The lowest BCUT2D eigenvalue weighted by Gasteiger charge is -2.40. The topological polar surface area (TPSA) is 37.3 Å².